The second kappa shape index (κ2) is 6.04. The number of carbonyl (C=O) groups is 1. The molecule has 0 amide bonds. The van der Waals surface area contributed by atoms with Crippen LogP contribution in [0.15, 0.2) is 18.2 Å². The summed E-state index contributed by atoms with van der Waals surface area (Å²) in [6.45, 7) is 0.692. The highest BCUT2D eigenvalue weighted by Crippen LogP contribution is 2.33. The van der Waals surface area contributed by atoms with Gasteiger partial charge in [-0.2, -0.15) is 0 Å². The van der Waals surface area contributed by atoms with Crippen molar-refractivity contribution < 1.29 is 24.0 Å². The normalized spacial score (nSPS) is 17.2. The Labute approximate surface area is 119 Å². The predicted octanol–water partition coefficient (Wildman–Crippen LogP) is 2.03. The van der Waals surface area contributed by atoms with Gasteiger partial charge in [0.1, 0.15) is 11.5 Å². The van der Waals surface area contributed by atoms with Gasteiger partial charge in [0.15, 0.2) is 0 Å². The Morgan fingerprint density at radius 2 is 2.14 bits per heavy atom. The van der Waals surface area contributed by atoms with Gasteiger partial charge in [0.05, 0.1) is 16.4 Å². The fourth-order valence-corrected chi connectivity index (χ4v) is 2.30. The topological polar surface area (TPSA) is 102 Å². The van der Waals surface area contributed by atoms with Gasteiger partial charge in [-0.05, 0) is 25.0 Å². The van der Waals surface area contributed by atoms with E-state index >= 15 is 0 Å². The number of nitro groups is 1. The van der Waals surface area contributed by atoms with E-state index in [-0.39, 0.29) is 12.2 Å². The number of nitrogens with zero attached hydrogens (tertiary/aromatic N) is 1. The molecule has 1 aliphatic heterocycles. The molecule has 0 atom stereocenters. The van der Waals surface area contributed by atoms with Crippen LogP contribution >= 0.6 is 0 Å². The zero-order valence-electron chi connectivity index (χ0n) is 11.2. The van der Waals surface area contributed by atoms with Gasteiger partial charge in [-0.25, -0.2) is 4.39 Å². The maximum atomic E-state index is 13.1. The summed E-state index contributed by atoms with van der Waals surface area (Å²) in [6, 6.07) is 3.13. The fourth-order valence-electron chi connectivity index (χ4n) is 2.30. The van der Waals surface area contributed by atoms with Crippen LogP contribution in [0.3, 0.4) is 0 Å². The van der Waals surface area contributed by atoms with E-state index in [1.54, 1.807) is 0 Å². The highest BCUT2D eigenvalue weighted by atomic mass is 19.1. The van der Waals surface area contributed by atoms with Crippen molar-refractivity contribution in [3.05, 3.63) is 34.1 Å². The van der Waals surface area contributed by atoms with Crippen LogP contribution in [0.2, 0.25) is 0 Å². The van der Waals surface area contributed by atoms with Crippen molar-refractivity contribution >= 4 is 17.3 Å². The maximum absolute atomic E-state index is 13.1. The Bertz CT molecular complexity index is 557. The quantitative estimate of drug-likeness (QED) is 0.637. The minimum Gasteiger partial charge on any atom is -0.481 e. The first-order chi connectivity index (χ1) is 9.94. The molecule has 1 aromatic carbocycles. The number of nitro benzene ring substituents is 1. The molecule has 2 N–H and O–H groups in total. The van der Waals surface area contributed by atoms with Crippen LogP contribution in [0.1, 0.15) is 12.8 Å². The average molecular weight is 298 g/mol. The van der Waals surface area contributed by atoms with Gasteiger partial charge in [-0.1, -0.05) is 0 Å². The summed E-state index contributed by atoms with van der Waals surface area (Å²) >= 11 is 0. The Hall–Kier alpha value is -2.22. The summed E-state index contributed by atoms with van der Waals surface area (Å²) in [5.41, 5.74) is -1.34. The predicted molar refractivity (Wildman–Crippen MR) is 71.7 cm³/mol. The zero-order valence-corrected chi connectivity index (χ0v) is 11.2. The molecule has 1 heterocycles. The number of ether oxygens (including phenoxy) is 1. The Balaban J connectivity index is 2.18. The number of carboxylic acid groups (broad SMARTS) is 1. The van der Waals surface area contributed by atoms with E-state index in [1.807, 2.05) is 0 Å². The highest BCUT2D eigenvalue weighted by Gasteiger charge is 2.40. The molecule has 0 radical (unpaired) electrons. The Morgan fingerprint density at radius 1 is 1.48 bits per heavy atom. The van der Waals surface area contributed by atoms with E-state index in [2.05, 4.69) is 5.32 Å². The van der Waals surface area contributed by atoms with Crippen molar-refractivity contribution in [1.29, 1.82) is 0 Å². The summed E-state index contributed by atoms with van der Waals surface area (Å²) in [5.74, 6) is -1.69. The molecule has 114 valence electrons. The van der Waals surface area contributed by atoms with Crippen molar-refractivity contribution in [2.24, 2.45) is 5.41 Å². The molecule has 1 aliphatic rings. The molecule has 1 saturated heterocycles. The van der Waals surface area contributed by atoms with E-state index < -0.39 is 27.8 Å². The summed E-state index contributed by atoms with van der Waals surface area (Å²) < 4.78 is 18.2. The van der Waals surface area contributed by atoms with Crippen molar-refractivity contribution in [2.45, 2.75) is 12.8 Å². The molecule has 0 aromatic heterocycles. The van der Waals surface area contributed by atoms with E-state index in [4.69, 9.17) is 4.74 Å². The van der Waals surface area contributed by atoms with Crippen LogP contribution in [0, 0.1) is 21.3 Å². The van der Waals surface area contributed by atoms with E-state index in [9.17, 15) is 24.4 Å². The first-order valence-electron chi connectivity index (χ1n) is 6.44. The molecular formula is C13H15FN2O5. The third-order valence-electron chi connectivity index (χ3n) is 3.68. The monoisotopic (exact) mass is 298 g/mol. The molecule has 7 nitrogen and oxygen atoms in total. The number of carboxylic acids is 1. The largest absolute Gasteiger partial charge is 0.481 e. The SMILES string of the molecule is O=C(O)C1(CNc2ccc(F)cc2[N+](=O)[O-])CCOCC1. The molecular weight excluding hydrogens is 283 g/mol. The summed E-state index contributed by atoms with van der Waals surface area (Å²) in [5, 5.41) is 23.1. The smallest absolute Gasteiger partial charge is 0.311 e. The van der Waals surface area contributed by atoms with Crippen LogP contribution in [-0.2, 0) is 9.53 Å². The lowest BCUT2D eigenvalue weighted by Gasteiger charge is -2.33. The van der Waals surface area contributed by atoms with Crippen LogP contribution in [0.25, 0.3) is 0 Å². The summed E-state index contributed by atoms with van der Waals surface area (Å²) in [6.07, 6.45) is 0.647. The van der Waals surface area contributed by atoms with Gasteiger partial charge >= 0.3 is 5.97 Å². The number of aliphatic carboxylic acids is 1. The minimum atomic E-state index is -1.03. The second-order valence-electron chi connectivity index (χ2n) is 4.97. The number of hydrogen-bond donors (Lipinski definition) is 2. The molecule has 0 spiro atoms. The number of hydrogen-bond acceptors (Lipinski definition) is 5. The third kappa shape index (κ3) is 3.27. The first-order valence-corrected chi connectivity index (χ1v) is 6.44. The van der Waals surface area contributed by atoms with Gasteiger partial charge < -0.3 is 15.2 Å². The number of anilines is 1. The molecule has 0 aliphatic carbocycles. The van der Waals surface area contributed by atoms with Crippen LogP contribution in [0.5, 0.6) is 0 Å². The lowest BCUT2D eigenvalue weighted by Crippen LogP contribution is -2.42. The van der Waals surface area contributed by atoms with Crippen LogP contribution in [0.4, 0.5) is 15.8 Å². The molecule has 2 rings (SSSR count). The molecule has 1 fully saturated rings. The van der Waals surface area contributed by atoms with Gasteiger partial charge in [-0.15, -0.1) is 0 Å². The van der Waals surface area contributed by atoms with Crippen LogP contribution < -0.4 is 5.32 Å². The summed E-state index contributed by atoms with van der Waals surface area (Å²) in [7, 11) is 0. The standard InChI is InChI=1S/C13H15FN2O5/c14-9-1-2-10(11(7-9)16(19)20)15-8-13(12(17)18)3-5-21-6-4-13/h1-2,7,15H,3-6,8H2,(H,17,18). The van der Waals surface area contributed by atoms with E-state index in [0.717, 1.165) is 12.1 Å². The number of rotatable bonds is 5. The zero-order chi connectivity index (χ0) is 15.5. The highest BCUT2D eigenvalue weighted by molar-refractivity contribution is 5.76. The van der Waals surface area contributed by atoms with Crippen LogP contribution in [-0.4, -0.2) is 35.8 Å². The second-order valence-corrected chi connectivity index (χ2v) is 4.97. The molecule has 0 unspecified atom stereocenters. The number of halogens is 1. The molecule has 0 saturated carbocycles. The molecule has 8 heteroatoms. The Kier molecular flexibility index (Phi) is 4.37. The van der Waals surface area contributed by atoms with Gasteiger partial charge in [0, 0.05) is 19.8 Å². The van der Waals surface area contributed by atoms with Gasteiger partial charge in [-0.3, -0.25) is 14.9 Å². The van der Waals surface area contributed by atoms with Gasteiger partial charge in [0.25, 0.3) is 5.69 Å². The van der Waals surface area contributed by atoms with Crippen molar-refractivity contribution in [3.63, 3.8) is 0 Å². The van der Waals surface area contributed by atoms with Crippen molar-refractivity contribution in [1.82, 2.24) is 0 Å². The van der Waals surface area contributed by atoms with E-state index in [1.165, 1.54) is 6.07 Å². The minimum absolute atomic E-state index is 0.0260. The maximum Gasteiger partial charge on any atom is 0.311 e. The lowest BCUT2D eigenvalue weighted by atomic mass is 9.80. The third-order valence-corrected chi connectivity index (χ3v) is 3.68. The molecule has 0 bridgehead atoms. The number of nitrogens with one attached hydrogen (secondary N) is 1. The average Bonchev–Trinajstić information content (AvgIpc) is 2.46. The number of benzene rings is 1. The Morgan fingerprint density at radius 3 is 2.71 bits per heavy atom. The lowest BCUT2D eigenvalue weighted by molar-refractivity contribution is -0.384. The molecule has 21 heavy (non-hydrogen) atoms. The van der Waals surface area contributed by atoms with E-state index in [0.29, 0.717) is 26.1 Å². The van der Waals surface area contributed by atoms with Gasteiger partial charge in [0.2, 0.25) is 0 Å². The van der Waals surface area contributed by atoms with Crippen molar-refractivity contribution in [3.8, 4) is 0 Å². The molecule has 1 aromatic rings. The fraction of sp³-hybridized carbons (Fsp3) is 0.462. The first kappa shape index (κ1) is 15.2. The summed E-state index contributed by atoms with van der Waals surface area (Å²) in [4.78, 5) is 21.7. The van der Waals surface area contributed by atoms with Crippen molar-refractivity contribution in [2.75, 3.05) is 25.1 Å².